The summed E-state index contributed by atoms with van der Waals surface area (Å²) in [4.78, 5) is 12.8. The molecule has 158 valence electrons. The van der Waals surface area contributed by atoms with Gasteiger partial charge in [-0.3, -0.25) is 0 Å². The van der Waals surface area contributed by atoms with E-state index in [2.05, 4.69) is 25.6 Å². The van der Waals surface area contributed by atoms with E-state index in [-0.39, 0.29) is 23.0 Å². The first-order valence-corrected chi connectivity index (χ1v) is 11.3. The predicted molar refractivity (Wildman–Crippen MR) is 109 cm³/mol. The third-order valence-corrected chi connectivity index (χ3v) is 5.91. The molecule has 2 heterocycles. The van der Waals surface area contributed by atoms with Gasteiger partial charge in [-0.2, -0.15) is 15.0 Å². The Kier molecular flexibility index (Phi) is 6.70. The Labute approximate surface area is 173 Å². The van der Waals surface area contributed by atoms with Crippen LogP contribution in [-0.4, -0.2) is 59.7 Å². The Balaban J connectivity index is 1.74. The van der Waals surface area contributed by atoms with Crippen molar-refractivity contribution in [2.24, 2.45) is 0 Å². The highest BCUT2D eigenvalue weighted by Gasteiger charge is 2.25. The smallest absolute Gasteiger partial charge is 0.323 e. The number of nitrogens with zero attached hydrogens (tertiary/aromatic N) is 4. The molecular weight excluding hydrogens is 423 g/mol. The van der Waals surface area contributed by atoms with Crippen molar-refractivity contribution in [3.8, 4) is 6.01 Å². The molecular formula is C17H22ClFN6O3S. The minimum atomic E-state index is -3.19. The molecule has 0 unspecified atom stereocenters. The van der Waals surface area contributed by atoms with Crippen LogP contribution in [0.2, 0.25) is 5.02 Å². The Morgan fingerprint density at radius 1 is 1.24 bits per heavy atom. The molecule has 2 aromatic rings. The first-order chi connectivity index (χ1) is 13.7. The van der Waals surface area contributed by atoms with Gasteiger partial charge < -0.3 is 15.4 Å². The number of sulfonamides is 1. The number of rotatable bonds is 7. The van der Waals surface area contributed by atoms with Gasteiger partial charge in [-0.05, 0) is 38.0 Å². The van der Waals surface area contributed by atoms with Crippen LogP contribution in [0, 0.1) is 5.82 Å². The van der Waals surface area contributed by atoms with Crippen LogP contribution in [0.3, 0.4) is 0 Å². The number of aromatic nitrogens is 3. The van der Waals surface area contributed by atoms with Gasteiger partial charge in [0.05, 0.1) is 17.9 Å². The molecule has 0 amide bonds. The fourth-order valence-corrected chi connectivity index (χ4v) is 3.94. The minimum Gasteiger partial charge on any atom is -0.464 e. The second-order valence-electron chi connectivity index (χ2n) is 6.53. The number of ether oxygens (including phenoxy) is 1. The van der Waals surface area contributed by atoms with Gasteiger partial charge in [0.25, 0.3) is 0 Å². The second kappa shape index (κ2) is 9.06. The minimum absolute atomic E-state index is 0.0120. The fraction of sp³-hybridized carbons (Fsp3) is 0.471. The lowest BCUT2D eigenvalue weighted by molar-refractivity contribution is 0.311. The van der Waals surface area contributed by atoms with Gasteiger partial charge in [0.1, 0.15) is 5.82 Å². The van der Waals surface area contributed by atoms with Crippen molar-refractivity contribution >= 4 is 39.2 Å². The summed E-state index contributed by atoms with van der Waals surface area (Å²) >= 11 is 5.81. The van der Waals surface area contributed by atoms with E-state index in [9.17, 15) is 12.8 Å². The fourth-order valence-electron chi connectivity index (χ4n) is 2.89. The van der Waals surface area contributed by atoms with Gasteiger partial charge >= 0.3 is 6.01 Å². The molecule has 1 fully saturated rings. The molecule has 12 heteroatoms. The summed E-state index contributed by atoms with van der Waals surface area (Å²) in [6.45, 7) is 3.04. The van der Waals surface area contributed by atoms with Gasteiger partial charge in [0, 0.05) is 24.8 Å². The highest BCUT2D eigenvalue weighted by Crippen LogP contribution is 2.23. The second-order valence-corrected chi connectivity index (χ2v) is 8.92. The number of piperidine rings is 1. The highest BCUT2D eigenvalue weighted by molar-refractivity contribution is 7.88. The summed E-state index contributed by atoms with van der Waals surface area (Å²) in [6, 6.07) is 4.32. The zero-order valence-electron chi connectivity index (χ0n) is 16.0. The molecule has 1 aromatic heterocycles. The average molecular weight is 445 g/mol. The van der Waals surface area contributed by atoms with Crippen molar-refractivity contribution < 1.29 is 17.5 Å². The van der Waals surface area contributed by atoms with E-state index in [1.54, 1.807) is 0 Å². The summed E-state index contributed by atoms with van der Waals surface area (Å²) in [7, 11) is -3.19. The molecule has 1 aliphatic rings. The summed E-state index contributed by atoms with van der Waals surface area (Å²) in [6.07, 6.45) is 2.46. The van der Waals surface area contributed by atoms with Crippen LogP contribution in [0.5, 0.6) is 6.01 Å². The molecule has 0 saturated carbocycles. The molecule has 1 aromatic carbocycles. The lowest BCUT2D eigenvalue weighted by Crippen LogP contribution is -2.42. The molecule has 9 nitrogen and oxygen atoms in total. The maximum Gasteiger partial charge on any atom is 0.323 e. The van der Waals surface area contributed by atoms with Gasteiger partial charge in [0.2, 0.25) is 21.9 Å². The number of nitrogens with one attached hydrogen (secondary N) is 2. The van der Waals surface area contributed by atoms with Crippen LogP contribution in [0.15, 0.2) is 18.2 Å². The molecule has 0 atom stereocenters. The summed E-state index contributed by atoms with van der Waals surface area (Å²) < 4.78 is 43.5. The number of benzene rings is 1. The van der Waals surface area contributed by atoms with E-state index in [0.29, 0.717) is 44.2 Å². The number of halogens is 2. The monoisotopic (exact) mass is 444 g/mol. The van der Waals surface area contributed by atoms with E-state index < -0.39 is 15.8 Å². The summed E-state index contributed by atoms with van der Waals surface area (Å²) in [5.41, 5.74) is 0.512. The average Bonchev–Trinajstić information content (AvgIpc) is 2.65. The van der Waals surface area contributed by atoms with Gasteiger partial charge in [-0.15, -0.1) is 0 Å². The molecule has 1 saturated heterocycles. The van der Waals surface area contributed by atoms with Crippen molar-refractivity contribution in [1.82, 2.24) is 19.3 Å². The van der Waals surface area contributed by atoms with E-state index in [0.717, 1.165) is 0 Å². The lowest BCUT2D eigenvalue weighted by Gasteiger charge is -2.30. The Morgan fingerprint density at radius 2 is 1.93 bits per heavy atom. The number of hydrogen-bond donors (Lipinski definition) is 2. The van der Waals surface area contributed by atoms with Crippen molar-refractivity contribution in [3.63, 3.8) is 0 Å². The summed E-state index contributed by atoms with van der Waals surface area (Å²) in [5.74, 6) is -0.00942. The summed E-state index contributed by atoms with van der Waals surface area (Å²) in [5, 5.41) is 6.14. The van der Waals surface area contributed by atoms with Crippen molar-refractivity contribution in [2.75, 3.05) is 36.6 Å². The van der Waals surface area contributed by atoms with Crippen molar-refractivity contribution in [2.45, 2.75) is 25.8 Å². The third-order valence-electron chi connectivity index (χ3n) is 4.32. The highest BCUT2D eigenvalue weighted by atomic mass is 35.5. The van der Waals surface area contributed by atoms with E-state index in [1.807, 2.05) is 6.92 Å². The largest absolute Gasteiger partial charge is 0.464 e. The third kappa shape index (κ3) is 5.87. The molecule has 0 radical (unpaired) electrons. The van der Waals surface area contributed by atoms with Crippen LogP contribution < -0.4 is 15.4 Å². The molecule has 0 spiro atoms. The molecule has 1 aliphatic heterocycles. The lowest BCUT2D eigenvalue weighted by atomic mass is 10.1. The van der Waals surface area contributed by atoms with Crippen LogP contribution in [0.25, 0.3) is 0 Å². The van der Waals surface area contributed by atoms with Crippen LogP contribution in [0.4, 0.5) is 22.0 Å². The zero-order valence-corrected chi connectivity index (χ0v) is 17.6. The quantitative estimate of drug-likeness (QED) is 0.670. The first-order valence-electron chi connectivity index (χ1n) is 9.07. The maximum absolute atomic E-state index is 13.4. The number of anilines is 3. The van der Waals surface area contributed by atoms with Gasteiger partial charge in [0.15, 0.2) is 0 Å². The van der Waals surface area contributed by atoms with E-state index >= 15 is 0 Å². The topological polar surface area (TPSA) is 109 Å². The molecule has 0 aliphatic carbocycles. The van der Waals surface area contributed by atoms with Crippen molar-refractivity contribution in [1.29, 1.82) is 0 Å². The first kappa shape index (κ1) is 21.5. The van der Waals surface area contributed by atoms with E-state index in [1.165, 1.54) is 28.8 Å². The zero-order chi connectivity index (χ0) is 21.0. The van der Waals surface area contributed by atoms with Crippen molar-refractivity contribution in [3.05, 3.63) is 29.0 Å². The molecule has 2 N–H and O–H groups in total. The van der Waals surface area contributed by atoms with Crippen LogP contribution in [-0.2, 0) is 10.0 Å². The SMILES string of the molecule is CCOc1nc(Nc2ccc(F)c(Cl)c2)nc(NC2CCN(S(C)(=O)=O)CC2)n1. The molecule has 3 rings (SSSR count). The van der Waals surface area contributed by atoms with E-state index in [4.69, 9.17) is 16.3 Å². The Hall–Kier alpha value is -2.24. The number of hydrogen-bond acceptors (Lipinski definition) is 8. The Bertz CT molecular complexity index is 970. The van der Waals surface area contributed by atoms with Crippen LogP contribution in [0.1, 0.15) is 19.8 Å². The van der Waals surface area contributed by atoms with Crippen LogP contribution >= 0.6 is 11.6 Å². The molecule has 0 bridgehead atoms. The Morgan fingerprint density at radius 3 is 2.55 bits per heavy atom. The van der Waals surface area contributed by atoms with Gasteiger partial charge in [-0.25, -0.2) is 17.1 Å². The van der Waals surface area contributed by atoms with Gasteiger partial charge in [-0.1, -0.05) is 11.6 Å². The molecule has 29 heavy (non-hydrogen) atoms. The standard InChI is InChI=1S/C17H22ClFN6O3S/c1-3-28-17-23-15(20-11-6-8-25(9-7-11)29(2,26)27)22-16(24-17)21-12-4-5-14(19)13(18)10-12/h4-5,10-11H,3,6-9H2,1-2H3,(H2,20,21,22,23,24). The maximum atomic E-state index is 13.4. The predicted octanol–water partition coefficient (Wildman–Crippen LogP) is 2.64. The normalized spacial score (nSPS) is 15.9.